The predicted molar refractivity (Wildman–Crippen MR) is 60.0 cm³/mol. The molecule has 1 aromatic carbocycles. The van der Waals surface area contributed by atoms with Crippen LogP contribution in [0.1, 0.15) is 12.5 Å². The maximum Gasteiger partial charge on any atom is 0.332 e. The Balaban J connectivity index is 2.85. The van der Waals surface area contributed by atoms with E-state index in [1.165, 1.54) is 25.1 Å². The molecular formula is C10H10ClNO5. The molecule has 1 N–H and O–H groups in total. The number of carbonyl (C=O) groups is 1. The van der Waals surface area contributed by atoms with Gasteiger partial charge >= 0.3 is 5.97 Å². The average molecular weight is 260 g/mol. The third-order valence-electron chi connectivity index (χ3n) is 2.07. The molecule has 0 radical (unpaired) electrons. The summed E-state index contributed by atoms with van der Waals surface area (Å²) in [6.07, 6.45) is -1.03. The second-order valence-corrected chi connectivity index (χ2v) is 3.76. The summed E-state index contributed by atoms with van der Waals surface area (Å²) in [4.78, 5) is 20.7. The lowest BCUT2D eigenvalue weighted by molar-refractivity contribution is -0.386. The molecule has 0 aliphatic heterocycles. The van der Waals surface area contributed by atoms with Crippen molar-refractivity contribution in [2.45, 2.75) is 19.6 Å². The maximum absolute atomic E-state index is 10.7. The highest BCUT2D eigenvalue weighted by Crippen LogP contribution is 2.23. The molecule has 92 valence electrons. The smallest absolute Gasteiger partial charge is 0.332 e. The van der Waals surface area contributed by atoms with Gasteiger partial charge in [-0.15, -0.1) is 0 Å². The lowest BCUT2D eigenvalue weighted by Gasteiger charge is -2.08. The molecule has 0 aromatic heterocycles. The van der Waals surface area contributed by atoms with Crippen LogP contribution in [0, 0.1) is 10.1 Å². The van der Waals surface area contributed by atoms with Gasteiger partial charge in [-0.3, -0.25) is 10.1 Å². The zero-order chi connectivity index (χ0) is 13.0. The number of ether oxygens (including phenoxy) is 1. The van der Waals surface area contributed by atoms with Crippen LogP contribution < -0.4 is 0 Å². The third-order valence-corrected chi connectivity index (χ3v) is 2.31. The fourth-order valence-electron chi connectivity index (χ4n) is 1.13. The first-order valence-corrected chi connectivity index (χ1v) is 5.07. The first-order chi connectivity index (χ1) is 7.91. The number of halogens is 1. The van der Waals surface area contributed by atoms with Crippen molar-refractivity contribution in [1.82, 2.24) is 0 Å². The quantitative estimate of drug-likeness (QED) is 0.647. The van der Waals surface area contributed by atoms with Crippen molar-refractivity contribution in [3.8, 4) is 0 Å². The second-order valence-electron chi connectivity index (χ2n) is 3.32. The molecule has 1 unspecified atom stereocenters. The summed E-state index contributed by atoms with van der Waals surface area (Å²) < 4.78 is 4.97. The number of carboxylic acid groups (broad SMARTS) is 1. The summed E-state index contributed by atoms with van der Waals surface area (Å²) in [6, 6.07) is 4.03. The topological polar surface area (TPSA) is 89.7 Å². The van der Waals surface area contributed by atoms with E-state index in [4.69, 9.17) is 21.4 Å². The zero-order valence-electron chi connectivity index (χ0n) is 8.92. The van der Waals surface area contributed by atoms with E-state index >= 15 is 0 Å². The average Bonchev–Trinajstić information content (AvgIpc) is 2.25. The Morgan fingerprint density at radius 2 is 2.29 bits per heavy atom. The molecule has 0 bridgehead atoms. The van der Waals surface area contributed by atoms with Crippen LogP contribution in [0.25, 0.3) is 0 Å². The summed E-state index contributed by atoms with van der Waals surface area (Å²) in [5.74, 6) is -1.13. The summed E-state index contributed by atoms with van der Waals surface area (Å²) in [6.45, 7) is 1.17. The number of hydrogen-bond acceptors (Lipinski definition) is 4. The number of nitro benzene ring substituents is 1. The van der Waals surface area contributed by atoms with Gasteiger partial charge in [0.25, 0.3) is 5.69 Å². The minimum Gasteiger partial charge on any atom is -0.479 e. The first kappa shape index (κ1) is 13.4. The van der Waals surface area contributed by atoms with E-state index in [0.29, 0.717) is 5.02 Å². The molecule has 0 saturated carbocycles. The Morgan fingerprint density at radius 3 is 2.82 bits per heavy atom. The minimum atomic E-state index is -1.13. The number of rotatable bonds is 5. The minimum absolute atomic E-state index is 0.146. The van der Waals surface area contributed by atoms with Crippen LogP contribution in [0.3, 0.4) is 0 Å². The molecule has 1 rings (SSSR count). The zero-order valence-corrected chi connectivity index (χ0v) is 9.68. The molecule has 6 nitrogen and oxygen atoms in total. The van der Waals surface area contributed by atoms with Gasteiger partial charge in [0, 0.05) is 11.1 Å². The van der Waals surface area contributed by atoms with Crippen molar-refractivity contribution < 1.29 is 19.6 Å². The standard InChI is InChI=1S/C10H10ClNO5/c1-6(10(13)14)17-5-7-4-8(11)2-3-9(7)12(15)16/h2-4,6H,5H2,1H3,(H,13,14). The number of hydrogen-bond donors (Lipinski definition) is 1. The lowest BCUT2D eigenvalue weighted by Crippen LogP contribution is -2.19. The fraction of sp³-hybridized carbons (Fsp3) is 0.300. The van der Waals surface area contributed by atoms with Crippen molar-refractivity contribution in [2.24, 2.45) is 0 Å². The molecule has 1 atom stereocenters. The SMILES string of the molecule is CC(OCc1cc(Cl)ccc1[N+](=O)[O-])C(=O)O. The summed E-state index contributed by atoms with van der Waals surface area (Å²) in [7, 11) is 0. The molecule has 7 heteroatoms. The highest BCUT2D eigenvalue weighted by atomic mass is 35.5. The van der Waals surface area contributed by atoms with Gasteiger partial charge in [0.1, 0.15) is 0 Å². The normalized spacial score (nSPS) is 12.1. The monoisotopic (exact) mass is 259 g/mol. The highest BCUT2D eigenvalue weighted by molar-refractivity contribution is 6.30. The number of nitrogens with zero attached hydrogens (tertiary/aromatic N) is 1. The van der Waals surface area contributed by atoms with Crippen LogP contribution in [-0.2, 0) is 16.1 Å². The van der Waals surface area contributed by atoms with Crippen molar-refractivity contribution in [1.29, 1.82) is 0 Å². The summed E-state index contributed by atoms with van der Waals surface area (Å²) in [5, 5.41) is 19.6. The summed E-state index contributed by atoms with van der Waals surface area (Å²) >= 11 is 5.70. The highest BCUT2D eigenvalue weighted by Gasteiger charge is 2.17. The Morgan fingerprint density at radius 1 is 1.65 bits per heavy atom. The van der Waals surface area contributed by atoms with Gasteiger partial charge in [-0.1, -0.05) is 11.6 Å². The van der Waals surface area contributed by atoms with Crippen LogP contribution in [-0.4, -0.2) is 22.1 Å². The predicted octanol–water partition coefficient (Wildman–Crippen LogP) is 2.24. The fourth-order valence-corrected chi connectivity index (χ4v) is 1.33. The number of benzene rings is 1. The van der Waals surface area contributed by atoms with Gasteiger partial charge in [-0.05, 0) is 19.1 Å². The van der Waals surface area contributed by atoms with Crippen LogP contribution in [0.2, 0.25) is 5.02 Å². The number of nitro groups is 1. The van der Waals surface area contributed by atoms with E-state index in [0.717, 1.165) is 0 Å². The molecule has 0 heterocycles. The van der Waals surface area contributed by atoms with E-state index in [-0.39, 0.29) is 17.9 Å². The van der Waals surface area contributed by atoms with Gasteiger partial charge in [0.05, 0.1) is 17.1 Å². The van der Waals surface area contributed by atoms with Gasteiger partial charge < -0.3 is 9.84 Å². The van der Waals surface area contributed by atoms with Crippen LogP contribution in [0.4, 0.5) is 5.69 Å². The molecule has 1 aromatic rings. The summed E-state index contributed by atoms with van der Waals surface area (Å²) in [5.41, 5.74) is 0.0996. The molecule has 0 amide bonds. The van der Waals surface area contributed by atoms with Crippen LogP contribution in [0.15, 0.2) is 18.2 Å². The van der Waals surface area contributed by atoms with Gasteiger partial charge in [0.2, 0.25) is 0 Å². The molecular weight excluding hydrogens is 250 g/mol. The second kappa shape index (κ2) is 5.60. The van der Waals surface area contributed by atoms with Crippen molar-refractivity contribution in [3.05, 3.63) is 38.9 Å². The van der Waals surface area contributed by atoms with E-state index in [2.05, 4.69) is 0 Å². The maximum atomic E-state index is 10.7. The Kier molecular flexibility index (Phi) is 4.42. The van der Waals surface area contributed by atoms with E-state index in [9.17, 15) is 14.9 Å². The van der Waals surface area contributed by atoms with Gasteiger partial charge in [0.15, 0.2) is 6.10 Å². The Bertz CT molecular complexity index is 448. The van der Waals surface area contributed by atoms with Gasteiger partial charge in [-0.25, -0.2) is 4.79 Å². The number of aliphatic carboxylic acids is 1. The van der Waals surface area contributed by atoms with Crippen molar-refractivity contribution in [3.63, 3.8) is 0 Å². The molecule has 0 aliphatic carbocycles. The lowest BCUT2D eigenvalue weighted by atomic mass is 10.2. The largest absolute Gasteiger partial charge is 0.479 e. The van der Waals surface area contributed by atoms with Gasteiger partial charge in [-0.2, -0.15) is 0 Å². The first-order valence-electron chi connectivity index (χ1n) is 4.69. The molecule has 0 spiro atoms. The van der Waals surface area contributed by atoms with Crippen LogP contribution >= 0.6 is 11.6 Å². The number of carboxylic acids is 1. The van der Waals surface area contributed by atoms with E-state index in [1.54, 1.807) is 0 Å². The van der Waals surface area contributed by atoms with E-state index < -0.39 is 17.0 Å². The molecule has 0 aliphatic rings. The van der Waals surface area contributed by atoms with E-state index in [1.807, 2.05) is 0 Å². The molecule has 0 saturated heterocycles. The third kappa shape index (κ3) is 3.69. The van der Waals surface area contributed by atoms with Crippen LogP contribution in [0.5, 0.6) is 0 Å². The van der Waals surface area contributed by atoms with Crippen molar-refractivity contribution in [2.75, 3.05) is 0 Å². The molecule has 0 fully saturated rings. The molecule has 17 heavy (non-hydrogen) atoms. The Labute approximate surface area is 102 Å². The van der Waals surface area contributed by atoms with Crippen molar-refractivity contribution >= 4 is 23.3 Å². The Hall–Kier alpha value is -1.66.